The highest BCUT2D eigenvalue weighted by molar-refractivity contribution is 5.92. The Labute approximate surface area is 163 Å². The fourth-order valence-corrected chi connectivity index (χ4v) is 3.19. The number of fused-ring (bicyclic) bond motifs is 1. The van der Waals surface area contributed by atoms with Gasteiger partial charge in [-0.15, -0.1) is 0 Å². The molecule has 0 bridgehead atoms. The topological polar surface area (TPSA) is 70.5 Å². The van der Waals surface area contributed by atoms with E-state index < -0.39 is 5.97 Å². The largest absolute Gasteiger partial charge is 0.490 e. The Hall–Kier alpha value is -2.99. The van der Waals surface area contributed by atoms with Crippen LogP contribution < -0.4 is 4.74 Å². The molecule has 3 aromatic rings. The molecular weight excluding hydrogens is 356 g/mol. The van der Waals surface area contributed by atoms with Gasteiger partial charge in [0.1, 0.15) is 24.5 Å². The van der Waals surface area contributed by atoms with E-state index in [1.807, 2.05) is 37.3 Å². The number of nitrogens with zero attached hydrogens (tertiary/aromatic N) is 2. The van der Waals surface area contributed by atoms with Crippen molar-refractivity contribution in [3.8, 4) is 5.75 Å². The van der Waals surface area contributed by atoms with Gasteiger partial charge in [0, 0.05) is 6.61 Å². The van der Waals surface area contributed by atoms with Gasteiger partial charge in [-0.05, 0) is 44.0 Å². The van der Waals surface area contributed by atoms with Crippen LogP contribution >= 0.6 is 0 Å². The molecule has 0 N–H and O–H groups in total. The van der Waals surface area contributed by atoms with E-state index in [0.29, 0.717) is 23.6 Å². The molecular formula is C22H22N2O4. The Morgan fingerprint density at radius 2 is 1.86 bits per heavy atom. The van der Waals surface area contributed by atoms with Crippen molar-refractivity contribution in [2.75, 3.05) is 13.2 Å². The number of carbonyl (C=O) groups is 1. The van der Waals surface area contributed by atoms with Gasteiger partial charge in [-0.2, -0.15) is 0 Å². The van der Waals surface area contributed by atoms with E-state index >= 15 is 0 Å². The van der Waals surface area contributed by atoms with Crippen LogP contribution in [0.1, 0.15) is 34.6 Å². The zero-order valence-electron chi connectivity index (χ0n) is 15.8. The minimum absolute atomic E-state index is 0.0581. The van der Waals surface area contributed by atoms with Crippen molar-refractivity contribution < 1.29 is 19.0 Å². The van der Waals surface area contributed by atoms with E-state index in [4.69, 9.17) is 14.2 Å². The number of hydrogen-bond acceptors (Lipinski definition) is 6. The van der Waals surface area contributed by atoms with Gasteiger partial charge in [0.05, 0.1) is 28.5 Å². The fraction of sp³-hybridized carbons (Fsp3) is 0.318. The lowest BCUT2D eigenvalue weighted by atomic mass is 10.2. The Bertz CT molecular complexity index is 983. The molecule has 1 aliphatic heterocycles. The maximum atomic E-state index is 12.6. The Morgan fingerprint density at radius 1 is 1.11 bits per heavy atom. The Kier molecular flexibility index (Phi) is 5.48. The second-order valence-corrected chi connectivity index (χ2v) is 6.76. The van der Waals surface area contributed by atoms with Gasteiger partial charge in [-0.1, -0.05) is 24.3 Å². The van der Waals surface area contributed by atoms with Crippen LogP contribution in [0, 0.1) is 6.92 Å². The number of esters is 1. The monoisotopic (exact) mass is 378 g/mol. The number of ether oxygens (including phenoxy) is 3. The van der Waals surface area contributed by atoms with Crippen LogP contribution in [0.2, 0.25) is 0 Å². The summed E-state index contributed by atoms with van der Waals surface area (Å²) in [5, 5.41) is 0. The maximum Gasteiger partial charge on any atom is 0.342 e. The van der Waals surface area contributed by atoms with Crippen LogP contribution in [0.15, 0.2) is 48.5 Å². The fourth-order valence-electron chi connectivity index (χ4n) is 3.19. The quantitative estimate of drug-likeness (QED) is 0.607. The summed E-state index contributed by atoms with van der Waals surface area (Å²) in [6.45, 7) is 3.12. The molecule has 2 heterocycles. The summed E-state index contributed by atoms with van der Waals surface area (Å²) in [6, 6.07) is 14.7. The van der Waals surface area contributed by atoms with E-state index in [1.54, 1.807) is 18.2 Å². The highest BCUT2D eigenvalue weighted by Crippen LogP contribution is 2.22. The molecule has 0 aliphatic carbocycles. The molecule has 28 heavy (non-hydrogen) atoms. The number of rotatable bonds is 6. The van der Waals surface area contributed by atoms with Crippen molar-refractivity contribution in [1.82, 2.24) is 9.97 Å². The number of carbonyl (C=O) groups excluding carboxylic acids is 1. The van der Waals surface area contributed by atoms with Gasteiger partial charge in [-0.25, -0.2) is 14.8 Å². The SMILES string of the molecule is Cc1nc2ccccc2nc1COC(=O)c1ccccc1OCC1CCCO1. The zero-order chi connectivity index (χ0) is 19.3. The van der Waals surface area contributed by atoms with Crippen molar-refractivity contribution >= 4 is 17.0 Å². The first-order chi connectivity index (χ1) is 13.7. The number of aryl methyl sites for hydroxylation is 1. The lowest BCUT2D eigenvalue weighted by Crippen LogP contribution is -2.18. The third-order valence-electron chi connectivity index (χ3n) is 4.74. The molecule has 1 aromatic heterocycles. The standard InChI is InChI=1S/C22H22N2O4/c1-15-20(24-19-10-4-3-9-18(19)23-15)14-28-22(25)17-8-2-5-11-21(17)27-13-16-7-6-12-26-16/h2-5,8-11,16H,6-7,12-14H2,1H3. The Morgan fingerprint density at radius 3 is 2.64 bits per heavy atom. The molecule has 0 radical (unpaired) electrons. The smallest absolute Gasteiger partial charge is 0.342 e. The van der Waals surface area contributed by atoms with Crippen molar-refractivity contribution in [3.63, 3.8) is 0 Å². The summed E-state index contributed by atoms with van der Waals surface area (Å²) >= 11 is 0. The van der Waals surface area contributed by atoms with Crippen molar-refractivity contribution in [2.24, 2.45) is 0 Å². The molecule has 1 fully saturated rings. The van der Waals surface area contributed by atoms with Crippen LogP contribution in [0.5, 0.6) is 5.75 Å². The molecule has 144 valence electrons. The lowest BCUT2D eigenvalue weighted by molar-refractivity contribution is 0.0449. The van der Waals surface area contributed by atoms with E-state index in [0.717, 1.165) is 36.2 Å². The summed E-state index contributed by atoms with van der Waals surface area (Å²) in [7, 11) is 0. The van der Waals surface area contributed by atoms with Crippen LogP contribution in [0.3, 0.4) is 0 Å². The summed E-state index contributed by atoms with van der Waals surface area (Å²) in [5.41, 5.74) is 3.38. The van der Waals surface area contributed by atoms with Gasteiger partial charge < -0.3 is 14.2 Å². The molecule has 1 aliphatic rings. The first-order valence-electron chi connectivity index (χ1n) is 9.43. The number of benzene rings is 2. The highest BCUT2D eigenvalue weighted by atomic mass is 16.5. The van der Waals surface area contributed by atoms with Crippen molar-refractivity contribution in [1.29, 1.82) is 0 Å². The van der Waals surface area contributed by atoms with E-state index in [1.165, 1.54) is 0 Å². The normalized spacial score (nSPS) is 16.2. The minimum atomic E-state index is -0.447. The molecule has 6 nitrogen and oxygen atoms in total. The molecule has 6 heteroatoms. The predicted molar refractivity (Wildman–Crippen MR) is 104 cm³/mol. The number of hydrogen-bond donors (Lipinski definition) is 0. The second kappa shape index (κ2) is 8.35. The Balaban J connectivity index is 1.44. The van der Waals surface area contributed by atoms with Gasteiger partial charge in [0.25, 0.3) is 0 Å². The van der Waals surface area contributed by atoms with Crippen LogP contribution in [-0.4, -0.2) is 35.3 Å². The predicted octanol–water partition coefficient (Wildman–Crippen LogP) is 3.85. The van der Waals surface area contributed by atoms with E-state index in [9.17, 15) is 4.79 Å². The summed E-state index contributed by atoms with van der Waals surface area (Å²) < 4.78 is 16.9. The molecule has 0 spiro atoms. The lowest BCUT2D eigenvalue weighted by Gasteiger charge is -2.14. The second-order valence-electron chi connectivity index (χ2n) is 6.76. The maximum absolute atomic E-state index is 12.6. The molecule has 4 rings (SSSR count). The first-order valence-corrected chi connectivity index (χ1v) is 9.43. The molecule has 1 unspecified atom stereocenters. The van der Waals surface area contributed by atoms with E-state index in [-0.39, 0.29) is 12.7 Å². The average molecular weight is 378 g/mol. The van der Waals surface area contributed by atoms with Crippen molar-refractivity contribution in [2.45, 2.75) is 32.5 Å². The number of aromatic nitrogens is 2. The molecule has 1 saturated heterocycles. The van der Waals surface area contributed by atoms with Crippen LogP contribution in [0.25, 0.3) is 11.0 Å². The minimum Gasteiger partial charge on any atom is -0.490 e. The van der Waals surface area contributed by atoms with Gasteiger partial charge in [0.2, 0.25) is 0 Å². The van der Waals surface area contributed by atoms with Gasteiger partial charge in [-0.3, -0.25) is 0 Å². The summed E-state index contributed by atoms with van der Waals surface area (Å²) in [5.74, 6) is 0.0571. The third-order valence-corrected chi connectivity index (χ3v) is 4.74. The zero-order valence-corrected chi connectivity index (χ0v) is 15.8. The van der Waals surface area contributed by atoms with E-state index in [2.05, 4.69) is 9.97 Å². The first kappa shape index (κ1) is 18.4. The van der Waals surface area contributed by atoms with Crippen LogP contribution in [-0.2, 0) is 16.1 Å². The van der Waals surface area contributed by atoms with Crippen molar-refractivity contribution in [3.05, 3.63) is 65.5 Å². The summed E-state index contributed by atoms with van der Waals surface area (Å²) in [6.07, 6.45) is 2.11. The molecule has 0 saturated carbocycles. The summed E-state index contributed by atoms with van der Waals surface area (Å²) in [4.78, 5) is 21.7. The number of para-hydroxylation sites is 3. The third kappa shape index (κ3) is 4.12. The molecule has 0 amide bonds. The average Bonchev–Trinajstić information content (AvgIpc) is 3.24. The van der Waals surface area contributed by atoms with Gasteiger partial charge >= 0.3 is 5.97 Å². The molecule has 2 aromatic carbocycles. The van der Waals surface area contributed by atoms with Gasteiger partial charge in [0.15, 0.2) is 0 Å². The van der Waals surface area contributed by atoms with Crippen LogP contribution in [0.4, 0.5) is 0 Å². The highest BCUT2D eigenvalue weighted by Gasteiger charge is 2.19. The molecule has 1 atom stereocenters.